The monoisotopic (exact) mass is 260 g/mol. The lowest BCUT2D eigenvalue weighted by atomic mass is 10.0. The minimum absolute atomic E-state index is 0.0719. The molecular weight excluding hydrogens is 244 g/mol. The molecule has 2 aliphatic heterocycles. The van der Waals surface area contributed by atoms with Crippen molar-refractivity contribution in [1.82, 2.24) is 4.90 Å². The highest BCUT2D eigenvalue weighted by molar-refractivity contribution is 6.21. The number of hydrogen-bond acceptors (Lipinski definition) is 4. The van der Waals surface area contributed by atoms with E-state index < -0.39 is 0 Å². The third kappa shape index (κ3) is 1.90. The Labute approximate surface area is 111 Å². The first kappa shape index (κ1) is 12.2. The largest absolute Gasteiger partial charge is 0.399 e. The topological polar surface area (TPSA) is 72.6 Å². The Morgan fingerprint density at radius 1 is 1.26 bits per heavy atom. The fraction of sp³-hybridized carbons (Fsp3) is 0.429. The lowest BCUT2D eigenvalue weighted by molar-refractivity contribution is -0.00870. The van der Waals surface area contributed by atoms with Crippen molar-refractivity contribution in [2.75, 3.05) is 12.3 Å². The van der Waals surface area contributed by atoms with Crippen LogP contribution in [0.15, 0.2) is 18.2 Å². The van der Waals surface area contributed by atoms with Gasteiger partial charge in [0.1, 0.15) is 0 Å². The summed E-state index contributed by atoms with van der Waals surface area (Å²) >= 11 is 0. The zero-order chi connectivity index (χ0) is 13.6. The van der Waals surface area contributed by atoms with E-state index in [1.54, 1.807) is 18.2 Å². The maximum Gasteiger partial charge on any atom is 0.261 e. The molecule has 1 aromatic carbocycles. The van der Waals surface area contributed by atoms with Gasteiger partial charge in [-0.05, 0) is 38.0 Å². The number of carbonyl (C=O) groups excluding carboxylic acids is 2. The molecule has 5 nitrogen and oxygen atoms in total. The second kappa shape index (κ2) is 4.35. The molecule has 2 amide bonds. The van der Waals surface area contributed by atoms with Crippen LogP contribution < -0.4 is 5.73 Å². The van der Waals surface area contributed by atoms with E-state index in [1.807, 2.05) is 6.92 Å². The molecule has 0 aliphatic carbocycles. The molecule has 0 bridgehead atoms. The van der Waals surface area contributed by atoms with Gasteiger partial charge in [0.15, 0.2) is 0 Å². The van der Waals surface area contributed by atoms with Crippen LogP contribution in [0, 0.1) is 0 Å². The summed E-state index contributed by atoms with van der Waals surface area (Å²) in [5, 5.41) is 0. The second-order valence-corrected chi connectivity index (χ2v) is 5.14. The third-order valence-corrected chi connectivity index (χ3v) is 3.76. The summed E-state index contributed by atoms with van der Waals surface area (Å²) in [4.78, 5) is 26.1. The van der Waals surface area contributed by atoms with Crippen LogP contribution >= 0.6 is 0 Å². The second-order valence-electron chi connectivity index (χ2n) is 5.14. The summed E-state index contributed by atoms with van der Waals surface area (Å²) in [7, 11) is 0. The van der Waals surface area contributed by atoms with Crippen LogP contribution in [0.3, 0.4) is 0 Å². The first-order chi connectivity index (χ1) is 9.08. The number of rotatable bonds is 1. The van der Waals surface area contributed by atoms with Crippen molar-refractivity contribution in [2.24, 2.45) is 0 Å². The van der Waals surface area contributed by atoms with E-state index >= 15 is 0 Å². The van der Waals surface area contributed by atoms with Crippen molar-refractivity contribution in [3.8, 4) is 0 Å². The lowest BCUT2D eigenvalue weighted by Gasteiger charge is -2.32. The highest BCUT2D eigenvalue weighted by atomic mass is 16.5. The van der Waals surface area contributed by atoms with Crippen LogP contribution in [-0.4, -0.2) is 35.5 Å². The van der Waals surface area contributed by atoms with Gasteiger partial charge >= 0.3 is 0 Å². The van der Waals surface area contributed by atoms with Crippen LogP contribution in [0.4, 0.5) is 5.69 Å². The maximum absolute atomic E-state index is 12.4. The Kier molecular flexibility index (Phi) is 2.78. The van der Waals surface area contributed by atoms with Gasteiger partial charge in [0.2, 0.25) is 0 Å². The van der Waals surface area contributed by atoms with Crippen molar-refractivity contribution >= 4 is 17.5 Å². The van der Waals surface area contributed by atoms with Gasteiger partial charge < -0.3 is 10.5 Å². The van der Waals surface area contributed by atoms with Gasteiger partial charge in [-0.15, -0.1) is 0 Å². The summed E-state index contributed by atoms with van der Waals surface area (Å²) in [5.74, 6) is -0.439. The number of nitrogen functional groups attached to an aromatic ring is 1. The van der Waals surface area contributed by atoms with E-state index in [0.717, 1.165) is 0 Å². The number of hydrogen-bond donors (Lipinski definition) is 1. The Morgan fingerprint density at radius 3 is 2.74 bits per heavy atom. The van der Waals surface area contributed by atoms with Crippen molar-refractivity contribution in [3.63, 3.8) is 0 Å². The fourth-order valence-corrected chi connectivity index (χ4v) is 2.82. The molecule has 3 rings (SSSR count). The average molecular weight is 260 g/mol. The van der Waals surface area contributed by atoms with Gasteiger partial charge in [-0.25, -0.2) is 0 Å². The lowest BCUT2D eigenvalue weighted by Crippen LogP contribution is -2.44. The fourth-order valence-electron chi connectivity index (χ4n) is 2.82. The van der Waals surface area contributed by atoms with Crippen molar-refractivity contribution < 1.29 is 14.3 Å². The molecular formula is C14H16N2O3. The Hall–Kier alpha value is -1.88. The summed E-state index contributed by atoms with van der Waals surface area (Å²) < 4.78 is 5.47. The number of anilines is 1. The van der Waals surface area contributed by atoms with Gasteiger partial charge in [0, 0.05) is 18.3 Å². The molecule has 1 fully saturated rings. The van der Waals surface area contributed by atoms with Crippen LogP contribution in [-0.2, 0) is 4.74 Å². The molecule has 0 spiro atoms. The molecule has 2 aliphatic rings. The number of nitrogens with zero attached hydrogens (tertiary/aromatic N) is 1. The predicted octanol–water partition coefficient (Wildman–Crippen LogP) is 1.43. The van der Waals surface area contributed by atoms with Crippen LogP contribution in [0.25, 0.3) is 0 Å². The van der Waals surface area contributed by atoms with Gasteiger partial charge in [0.05, 0.1) is 17.2 Å². The van der Waals surface area contributed by atoms with Crippen LogP contribution in [0.1, 0.15) is 40.5 Å². The Morgan fingerprint density at radius 2 is 2.00 bits per heavy atom. The molecule has 5 heteroatoms. The highest BCUT2D eigenvalue weighted by Crippen LogP contribution is 2.30. The summed E-state index contributed by atoms with van der Waals surface area (Å²) in [6, 6.07) is 4.80. The number of ether oxygens (including phenoxy) is 1. The predicted molar refractivity (Wildman–Crippen MR) is 69.8 cm³/mol. The number of benzene rings is 1. The summed E-state index contributed by atoms with van der Waals surface area (Å²) in [6.07, 6.45) is 1.47. The standard InChI is InChI=1S/C14H16N2O3/c1-8-6-10(4-5-19-8)16-13(17)11-3-2-9(15)7-12(11)14(16)18/h2-3,7-8,10H,4-6,15H2,1H3. The van der Waals surface area contributed by atoms with Crippen LogP contribution in [0.2, 0.25) is 0 Å². The molecule has 2 heterocycles. The van der Waals surface area contributed by atoms with Gasteiger partial charge in [-0.2, -0.15) is 0 Å². The normalized spacial score (nSPS) is 26.7. The Balaban J connectivity index is 1.94. The molecule has 19 heavy (non-hydrogen) atoms. The number of carbonyl (C=O) groups is 2. The Bertz CT molecular complexity index is 556. The van der Waals surface area contributed by atoms with E-state index in [2.05, 4.69) is 0 Å². The molecule has 2 N–H and O–H groups in total. The molecule has 0 saturated carbocycles. The number of nitrogens with two attached hydrogens (primary N) is 1. The van der Waals surface area contributed by atoms with E-state index in [0.29, 0.717) is 36.3 Å². The third-order valence-electron chi connectivity index (χ3n) is 3.76. The number of fused-ring (bicyclic) bond motifs is 1. The van der Waals surface area contributed by atoms with Crippen molar-refractivity contribution in [1.29, 1.82) is 0 Å². The van der Waals surface area contributed by atoms with E-state index in [9.17, 15) is 9.59 Å². The van der Waals surface area contributed by atoms with Gasteiger partial charge in [-0.1, -0.05) is 0 Å². The molecule has 100 valence electrons. The first-order valence-electron chi connectivity index (χ1n) is 6.47. The molecule has 1 aromatic rings. The minimum atomic E-state index is -0.230. The average Bonchev–Trinajstić information content (AvgIpc) is 2.61. The molecule has 2 unspecified atom stereocenters. The maximum atomic E-state index is 12.4. The van der Waals surface area contributed by atoms with E-state index in [1.165, 1.54) is 4.90 Å². The number of imide groups is 1. The zero-order valence-electron chi connectivity index (χ0n) is 10.8. The molecule has 0 radical (unpaired) electrons. The quantitative estimate of drug-likeness (QED) is 0.612. The van der Waals surface area contributed by atoms with E-state index in [-0.39, 0.29) is 24.0 Å². The molecule has 2 atom stereocenters. The highest BCUT2D eigenvalue weighted by Gasteiger charge is 2.41. The van der Waals surface area contributed by atoms with Crippen molar-refractivity contribution in [3.05, 3.63) is 29.3 Å². The smallest absolute Gasteiger partial charge is 0.261 e. The summed E-state index contributed by atoms with van der Waals surface area (Å²) in [5.41, 5.74) is 7.06. The van der Waals surface area contributed by atoms with E-state index in [4.69, 9.17) is 10.5 Å². The van der Waals surface area contributed by atoms with Gasteiger partial charge in [0.25, 0.3) is 11.8 Å². The SMILES string of the molecule is CC1CC(N2C(=O)c3ccc(N)cc3C2=O)CCO1. The molecule has 0 aromatic heterocycles. The van der Waals surface area contributed by atoms with Gasteiger partial charge in [-0.3, -0.25) is 14.5 Å². The minimum Gasteiger partial charge on any atom is -0.399 e. The first-order valence-corrected chi connectivity index (χ1v) is 6.47. The summed E-state index contributed by atoms with van der Waals surface area (Å²) in [6.45, 7) is 2.55. The van der Waals surface area contributed by atoms with Crippen molar-refractivity contribution in [2.45, 2.75) is 31.9 Å². The molecule has 1 saturated heterocycles. The van der Waals surface area contributed by atoms with Crippen LogP contribution in [0.5, 0.6) is 0 Å². The zero-order valence-corrected chi connectivity index (χ0v) is 10.8. The number of amides is 2.